The summed E-state index contributed by atoms with van der Waals surface area (Å²) in [6, 6.07) is 4.58. The number of amides is 1. The summed E-state index contributed by atoms with van der Waals surface area (Å²) >= 11 is 6.67. The minimum absolute atomic E-state index is 0.0331. The quantitative estimate of drug-likeness (QED) is 0.809. The number of carbonyl (C=O) groups excluding carboxylic acids is 2. The molecule has 3 rings (SSSR count). The second kappa shape index (κ2) is 5.68. The molecule has 0 aromatic carbocycles. The van der Waals surface area contributed by atoms with E-state index in [1.165, 1.54) is 25.4 Å². The van der Waals surface area contributed by atoms with Crippen LogP contribution in [0.5, 0.6) is 0 Å². The molecule has 1 aliphatic rings. The van der Waals surface area contributed by atoms with Crippen LogP contribution in [0.25, 0.3) is 0 Å². The van der Waals surface area contributed by atoms with E-state index in [-0.39, 0.29) is 19.9 Å². The lowest BCUT2D eigenvalue weighted by molar-refractivity contribution is -0.118. The van der Waals surface area contributed by atoms with Crippen LogP contribution >= 0.6 is 22.9 Å². The van der Waals surface area contributed by atoms with Gasteiger partial charge < -0.3 is 5.32 Å². The molecule has 0 radical (unpaired) electrons. The number of likely N-dealkylation sites (N-methyl/N-ethyl adjacent to an activating group) is 1. The monoisotopic (exact) mass is 371 g/mol. The molecule has 23 heavy (non-hydrogen) atoms. The van der Waals surface area contributed by atoms with Gasteiger partial charge in [-0.25, -0.2) is 13.4 Å². The van der Waals surface area contributed by atoms with Crippen molar-refractivity contribution in [1.82, 2.24) is 9.29 Å². The molecule has 0 aliphatic carbocycles. The van der Waals surface area contributed by atoms with E-state index in [0.29, 0.717) is 0 Å². The fraction of sp³-hybridized carbons (Fsp3) is 0.154. The van der Waals surface area contributed by atoms with Crippen molar-refractivity contribution in [2.24, 2.45) is 0 Å². The summed E-state index contributed by atoms with van der Waals surface area (Å²) in [5, 5.41) is 2.44. The molecule has 0 unspecified atom stereocenters. The van der Waals surface area contributed by atoms with Gasteiger partial charge in [0.2, 0.25) is 15.8 Å². The largest absolute Gasteiger partial charge is 0.309 e. The van der Waals surface area contributed by atoms with E-state index < -0.39 is 27.8 Å². The fourth-order valence-corrected chi connectivity index (χ4v) is 5.25. The summed E-state index contributed by atoms with van der Waals surface area (Å²) in [5.41, 5.74) is 0. The Hall–Kier alpha value is -1.81. The van der Waals surface area contributed by atoms with Crippen molar-refractivity contribution in [2.75, 3.05) is 12.4 Å². The van der Waals surface area contributed by atoms with Gasteiger partial charge in [0.05, 0.1) is 9.21 Å². The van der Waals surface area contributed by atoms with Gasteiger partial charge in [-0.2, -0.15) is 4.31 Å². The molecule has 1 N–H and O–H groups in total. The van der Waals surface area contributed by atoms with Gasteiger partial charge in [0.25, 0.3) is 5.91 Å². The highest BCUT2D eigenvalue weighted by Gasteiger charge is 2.46. The number of hydrogen-bond acceptors (Lipinski definition) is 6. The maximum Gasteiger partial charge on any atom is 0.252 e. The molecule has 0 spiro atoms. The van der Waals surface area contributed by atoms with E-state index in [1.807, 2.05) is 0 Å². The Kier molecular flexibility index (Phi) is 3.96. The average molecular weight is 372 g/mol. The third-order valence-electron chi connectivity index (χ3n) is 3.33. The molecule has 0 bridgehead atoms. The second-order valence-corrected chi connectivity index (χ2v) is 8.39. The molecule has 1 aliphatic heterocycles. The lowest BCUT2D eigenvalue weighted by Crippen LogP contribution is -2.52. The number of anilines is 1. The molecular formula is C13H10ClN3O4S2. The smallest absolute Gasteiger partial charge is 0.252 e. The number of carbonyl (C=O) groups is 2. The van der Waals surface area contributed by atoms with E-state index in [2.05, 4.69) is 10.3 Å². The van der Waals surface area contributed by atoms with Crippen molar-refractivity contribution < 1.29 is 18.0 Å². The number of aromatic nitrogens is 1. The number of fused-ring (bicyclic) bond motifs is 1. The minimum atomic E-state index is -3.96. The Labute approximate surface area is 140 Å². The second-order valence-electron chi connectivity index (χ2n) is 4.74. The van der Waals surface area contributed by atoms with Crippen molar-refractivity contribution in [3.05, 3.63) is 39.7 Å². The van der Waals surface area contributed by atoms with Gasteiger partial charge in [-0.1, -0.05) is 17.7 Å². The fourth-order valence-electron chi connectivity index (χ4n) is 2.21. The highest BCUT2D eigenvalue weighted by Crippen LogP contribution is 2.37. The molecule has 10 heteroatoms. The SMILES string of the molecule is CN1[C@@H](C(=O)Nc2ccccn2)C(=O)c2sc(Cl)cc2S1(=O)=O. The van der Waals surface area contributed by atoms with Crippen molar-refractivity contribution in [2.45, 2.75) is 10.9 Å². The lowest BCUT2D eigenvalue weighted by atomic mass is 10.1. The van der Waals surface area contributed by atoms with Crippen molar-refractivity contribution in [3.63, 3.8) is 0 Å². The summed E-state index contributed by atoms with van der Waals surface area (Å²) in [7, 11) is -2.78. The summed E-state index contributed by atoms with van der Waals surface area (Å²) in [4.78, 5) is 28.6. The number of rotatable bonds is 2. The number of halogens is 1. The minimum Gasteiger partial charge on any atom is -0.309 e. The lowest BCUT2D eigenvalue weighted by Gasteiger charge is -2.29. The maximum absolute atomic E-state index is 12.5. The Balaban J connectivity index is 2.00. The first-order valence-electron chi connectivity index (χ1n) is 6.36. The first-order chi connectivity index (χ1) is 10.8. The summed E-state index contributed by atoms with van der Waals surface area (Å²) < 4.78 is 25.8. The number of hydrogen-bond donors (Lipinski definition) is 1. The van der Waals surface area contributed by atoms with Crippen LogP contribution in [0.4, 0.5) is 5.82 Å². The van der Waals surface area contributed by atoms with Gasteiger partial charge in [0, 0.05) is 13.2 Å². The Morgan fingerprint density at radius 2 is 2.17 bits per heavy atom. The van der Waals surface area contributed by atoms with Crippen LogP contribution in [0.3, 0.4) is 0 Å². The molecule has 1 amide bonds. The first-order valence-corrected chi connectivity index (χ1v) is 8.99. The highest BCUT2D eigenvalue weighted by atomic mass is 35.5. The predicted octanol–water partition coefficient (Wildman–Crippen LogP) is 1.62. The average Bonchev–Trinajstić information content (AvgIpc) is 2.90. The van der Waals surface area contributed by atoms with Crippen LogP contribution in [0, 0.1) is 0 Å². The molecule has 3 heterocycles. The van der Waals surface area contributed by atoms with Crippen LogP contribution < -0.4 is 5.32 Å². The topological polar surface area (TPSA) is 96.4 Å². The molecule has 120 valence electrons. The van der Waals surface area contributed by atoms with E-state index in [9.17, 15) is 18.0 Å². The van der Waals surface area contributed by atoms with Gasteiger partial charge in [-0.3, -0.25) is 9.59 Å². The standard InChI is InChI=1S/C13H10ClN3O4S2/c1-17-10(13(19)16-9-4-2-3-5-15-9)11(18)12-7(23(17,20)21)6-8(14)22-12/h2-6,10H,1H3,(H,15,16,19)/t10-/m1/s1. The van der Waals surface area contributed by atoms with Crippen LogP contribution in [-0.4, -0.2) is 42.5 Å². The van der Waals surface area contributed by atoms with E-state index in [1.54, 1.807) is 12.1 Å². The maximum atomic E-state index is 12.5. The van der Waals surface area contributed by atoms with Gasteiger partial charge >= 0.3 is 0 Å². The molecule has 2 aromatic heterocycles. The van der Waals surface area contributed by atoms with Gasteiger partial charge in [-0.15, -0.1) is 11.3 Å². The van der Waals surface area contributed by atoms with Crippen LogP contribution in [0.2, 0.25) is 4.34 Å². The molecule has 1 atom stereocenters. The Morgan fingerprint density at radius 3 is 2.83 bits per heavy atom. The molecule has 0 saturated carbocycles. The highest BCUT2D eigenvalue weighted by molar-refractivity contribution is 7.89. The zero-order valence-electron chi connectivity index (χ0n) is 11.7. The van der Waals surface area contributed by atoms with Gasteiger partial charge in [0.15, 0.2) is 6.04 Å². The van der Waals surface area contributed by atoms with Crippen molar-refractivity contribution in [3.8, 4) is 0 Å². The zero-order valence-corrected chi connectivity index (χ0v) is 14.1. The van der Waals surface area contributed by atoms with Gasteiger partial charge in [-0.05, 0) is 18.2 Å². The van der Waals surface area contributed by atoms with E-state index in [0.717, 1.165) is 15.6 Å². The Bertz CT molecular complexity index is 895. The van der Waals surface area contributed by atoms with Crippen molar-refractivity contribution in [1.29, 1.82) is 0 Å². The normalized spacial score (nSPS) is 20.1. The third-order valence-corrected chi connectivity index (χ3v) is 6.58. The summed E-state index contributed by atoms with van der Waals surface area (Å²) in [6.07, 6.45) is 1.47. The molecular weight excluding hydrogens is 362 g/mol. The number of thiophene rings is 1. The number of nitrogens with one attached hydrogen (secondary N) is 1. The van der Waals surface area contributed by atoms with Crippen molar-refractivity contribution >= 4 is 50.5 Å². The number of pyridine rings is 1. The van der Waals surface area contributed by atoms with E-state index in [4.69, 9.17) is 11.6 Å². The zero-order chi connectivity index (χ0) is 16.8. The molecule has 7 nitrogen and oxygen atoms in total. The third kappa shape index (κ3) is 2.65. The predicted molar refractivity (Wildman–Crippen MR) is 85.3 cm³/mol. The number of Topliss-reactive ketones (excluding diaryl/α,β-unsaturated/α-hetero) is 1. The Morgan fingerprint density at radius 1 is 1.43 bits per heavy atom. The van der Waals surface area contributed by atoms with Crippen LogP contribution in [0.15, 0.2) is 35.4 Å². The van der Waals surface area contributed by atoms with Crippen LogP contribution in [0.1, 0.15) is 9.67 Å². The summed E-state index contributed by atoms with van der Waals surface area (Å²) in [6.45, 7) is 0. The van der Waals surface area contributed by atoms with Crippen LogP contribution in [-0.2, 0) is 14.8 Å². The summed E-state index contributed by atoms with van der Waals surface area (Å²) in [5.74, 6) is -1.15. The molecule has 0 saturated heterocycles. The molecule has 2 aromatic rings. The number of ketones is 1. The number of nitrogens with zero attached hydrogens (tertiary/aromatic N) is 2. The molecule has 0 fully saturated rings. The van der Waals surface area contributed by atoms with Gasteiger partial charge in [0.1, 0.15) is 10.7 Å². The first kappa shape index (κ1) is 16.1. The number of sulfonamides is 1. The van der Waals surface area contributed by atoms with E-state index >= 15 is 0 Å².